The molecule has 0 bridgehead atoms. The van der Waals surface area contributed by atoms with Gasteiger partial charge in [-0.1, -0.05) is 56.3 Å². The van der Waals surface area contributed by atoms with E-state index in [4.69, 9.17) is 4.98 Å². The van der Waals surface area contributed by atoms with Crippen molar-refractivity contribution >= 4 is 44.6 Å². The molecule has 4 nitrogen and oxygen atoms in total. The minimum atomic E-state index is -0.181. The lowest BCUT2D eigenvalue weighted by Crippen LogP contribution is -2.13. The van der Waals surface area contributed by atoms with E-state index in [2.05, 4.69) is 67.5 Å². The molecule has 3 heterocycles. The third kappa shape index (κ3) is 4.45. The van der Waals surface area contributed by atoms with Gasteiger partial charge in [0, 0.05) is 21.2 Å². The molecule has 1 amide bonds. The molecule has 0 aliphatic heterocycles. The van der Waals surface area contributed by atoms with E-state index < -0.39 is 0 Å². The lowest BCUT2D eigenvalue weighted by molar-refractivity contribution is 0.102. The molecule has 0 atom stereocenters. The third-order valence-electron chi connectivity index (χ3n) is 5.55. The highest BCUT2D eigenvalue weighted by Crippen LogP contribution is 2.31. The number of nitrogens with one attached hydrogen (secondary N) is 1. The van der Waals surface area contributed by atoms with Gasteiger partial charge in [0.15, 0.2) is 5.13 Å². The van der Waals surface area contributed by atoms with Gasteiger partial charge in [0.2, 0.25) is 0 Å². The zero-order valence-electron chi connectivity index (χ0n) is 18.6. The summed E-state index contributed by atoms with van der Waals surface area (Å²) in [6.45, 7) is 6.43. The highest BCUT2D eigenvalue weighted by molar-refractivity contribution is 7.15. The Bertz CT molecular complexity index is 1450. The maximum Gasteiger partial charge on any atom is 0.258 e. The second kappa shape index (κ2) is 8.89. The number of aromatic nitrogens is 2. The van der Waals surface area contributed by atoms with Crippen molar-refractivity contribution in [1.82, 2.24) is 9.97 Å². The summed E-state index contributed by atoms with van der Waals surface area (Å²) >= 11 is 3.10. The molecule has 3 aromatic heterocycles. The summed E-state index contributed by atoms with van der Waals surface area (Å²) in [7, 11) is 0. The average Bonchev–Trinajstić information content (AvgIpc) is 3.47. The summed E-state index contributed by atoms with van der Waals surface area (Å²) in [6.07, 6.45) is 0. The number of benzene rings is 2. The summed E-state index contributed by atoms with van der Waals surface area (Å²) in [6, 6.07) is 22.2. The van der Waals surface area contributed by atoms with Gasteiger partial charge < -0.3 is 0 Å². The van der Waals surface area contributed by atoms with Gasteiger partial charge in [-0.2, -0.15) is 0 Å². The van der Waals surface area contributed by atoms with Gasteiger partial charge in [0.05, 0.1) is 27.3 Å². The quantitative estimate of drug-likeness (QED) is 0.286. The zero-order chi connectivity index (χ0) is 22.9. The van der Waals surface area contributed by atoms with Crippen LogP contribution in [0, 0.1) is 6.92 Å². The molecule has 164 valence electrons. The summed E-state index contributed by atoms with van der Waals surface area (Å²) in [5.74, 6) is 0.307. The molecule has 5 aromatic rings. The summed E-state index contributed by atoms with van der Waals surface area (Å²) in [5.41, 5.74) is 5.41. The standard InChI is InChI=1S/C27H23N3OS2/c1-16(2)18-9-11-19(12-10-18)24-15-32-27(29-24)30-26(31)21-14-23(25-13-8-17(3)33-25)28-22-7-5-4-6-20(21)22/h4-16H,1-3H3,(H,29,30,31). The number of hydrogen-bond acceptors (Lipinski definition) is 5. The topological polar surface area (TPSA) is 54.9 Å². The van der Waals surface area contributed by atoms with E-state index in [1.807, 2.05) is 35.7 Å². The van der Waals surface area contributed by atoms with Crippen molar-refractivity contribution in [3.63, 3.8) is 0 Å². The number of para-hydroxylation sites is 1. The molecule has 33 heavy (non-hydrogen) atoms. The van der Waals surface area contributed by atoms with E-state index in [-0.39, 0.29) is 5.91 Å². The molecule has 0 aliphatic carbocycles. The molecule has 1 N–H and O–H groups in total. The first kappa shape index (κ1) is 21.5. The number of amides is 1. The molecule has 6 heteroatoms. The van der Waals surface area contributed by atoms with Gasteiger partial charge in [0.1, 0.15) is 0 Å². The van der Waals surface area contributed by atoms with Crippen molar-refractivity contribution in [2.24, 2.45) is 0 Å². The van der Waals surface area contributed by atoms with Crippen LogP contribution in [-0.2, 0) is 0 Å². The number of aryl methyl sites for hydroxylation is 1. The van der Waals surface area contributed by atoms with E-state index in [9.17, 15) is 4.79 Å². The molecule has 0 unspecified atom stereocenters. The number of anilines is 1. The number of pyridine rings is 1. The highest BCUT2D eigenvalue weighted by atomic mass is 32.1. The van der Waals surface area contributed by atoms with Crippen molar-refractivity contribution in [3.8, 4) is 21.8 Å². The van der Waals surface area contributed by atoms with E-state index in [0.717, 1.165) is 32.7 Å². The molecule has 0 saturated heterocycles. The van der Waals surface area contributed by atoms with Gasteiger partial charge in [0.25, 0.3) is 5.91 Å². The van der Waals surface area contributed by atoms with Crippen LogP contribution in [0.1, 0.15) is 40.6 Å². The van der Waals surface area contributed by atoms with Gasteiger partial charge >= 0.3 is 0 Å². The van der Waals surface area contributed by atoms with Gasteiger partial charge in [-0.05, 0) is 42.7 Å². The summed E-state index contributed by atoms with van der Waals surface area (Å²) in [5, 5.41) is 6.38. The largest absolute Gasteiger partial charge is 0.298 e. The predicted octanol–water partition coefficient (Wildman–Crippen LogP) is 7.77. The SMILES string of the molecule is Cc1ccc(-c2cc(C(=O)Nc3nc(-c4ccc(C(C)C)cc4)cs3)c3ccccc3n2)s1. The highest BCUT2D eigenvalue weighted by Gasteiger charge is 2.16. The number of nitrogens with zero attached hydrogens (tertiary/aromatic N) is 2. The number of hydrogen-bond donors (Lipinski definition) is 1. The first-order valence-electron chi connectivity index (χ1n) is 10.8. The van der Waals surface area contributed by atoms with Crippen LogP contribution < -0.4 is 5.32 Å². The van der Waals surface area contributed by atoms with Crippen molar-refractivity contribution in [3.05, 3.63) is 88.1 Å². The molecular formula is C27H23N3OS2. The Morgan fingerprint density at radius 2 is 1.73 bits per heavy atom. The van der Waals surface area contributed by atoms with Crippen LogP contribution in [0.15, 0.2) is 72.1 Å². The van der Waals surface area contributed by atoms with Crippen LogP contribution in [0.25, 0.3) is 32.7 Å². The van der Waals surface area contributed by atoms with Crippen LogP contribution in [0.3, 0.4) is 0 Å². The Morgan fingerprint density at radius 3 is 2.45 bits per heavy atom. The lowest BCUT2D eigenvalue weighted by atomic mass is 10.0. The van der Waals surface area contributed by atoms with E-state index in [0.29, 0.717) is 16.6 Å². The lowest BCUT2D eigenvalue weighted by Gasteiger charge is -2.09. The van der Waals surface area contributed by atoms with Gasteiger partial charge in [-0.15, -0.1) is 22.7 Å². The number of rotatable bonds is 5. The fourth-order valence-corrected chi connectivity index (χ4v) is 5.27. The Balaban J connectivity index is 1.45. The minimum Gasteiger partial charge on any atom is -0.298 e. The van der Waals surface area contributed by atoms with Crippen LogP contribution in [0.4, 0.5) is 5.13 Å². The number of thiazole rings is 1. The van der Waals surface area contributed by atoms with E-state index in [1.54, 1.807) is 11.3 Å². The summed E-state index contributed by atoms with van der Waals surface area (Å²) < 4.78 is 0. The van der Waals surface area contributed by atoms with Crippen molar-refractivity contribution < 1.29 is 4.79 Å². The van der Waals surface area contributed by atoms with E-state index >= 15 is 0 Å². The number of fused-ring (bicyclic) bond motifs is 1. The van der Waals surface area contributed by atoms with Crippen molar-refractivity contribution in [1.29, 1.82) is 0 Å². The zero-order valence-corrected chi connectivity index (χ0v) is 20.3. The van der Waals surface area contributed by atoms with Crippen LogP contribution in [0.2, 0.25) is 0 Å². The van der Waals surface area contributed by atoms with Crippen LogP contribution in [-0.4, -0.2) is 15.9 Å². The first-order chi connectivity index (χ1) is 16.0. The fraction of sp³-hybridized carbons (Fsp3) is 0.148. The fourth-order valence-electron chi connectivity index (χ4n) is 3.73. The number of thiophene rings is 1. The molecular weight excluding hydrogens is 446 g/mol. The Morgan fingerprint density at radius 1 is 0.939 bits per heavy atom. The molecule has 0 aliphatic rings. The molecule has 0 spiro atoms. The molecule has 5 rings (SSSR count). The van der Waals surface area contributed by atoms with Crippen LogP contribution >= 0.6 is 22.7 Å². The smallest absolute Gasteiger partial charge is 0.258 e. The normalized spacial score (nSPS) is 11.3. The van der Waals surface area contributed by atoms with E-state index in [1.165, 1.54) is 21.8 Å². The van der Waals surface area contributed by atoms with Gasteiger partial charge in [-0.3, -0.25) is 10.1 Å². The molecule has 0 saturated carbocycles. The van der Waals surface area contributed by atoms with Crippen molar-refractivity contribution in [2.75, 3.05) is 5.32 Å². The Hall–Kier alpha value is -3.35. The summed E-state index contributed by atoms with van der Waals surface area (Å²) in [4.78, 5) is 25.0. The first-order valence-corrected chi connectivity index (χ1v) is 12.5. The third-order valence-corrected chi connectivity index (χ3v) is 7.33. The second-order valence-electron chi connectivity index (χ2n) is 8.25. The predicted molar refractivity (Wildman–Crippen MR) is 139 cm³/mol. The van der Waals surface area contributed by atoms with Crippen molar-refractivity contribution in [2.45, 2.75) is 26.7 Å². The number of carbonyl (C=O) groups excluding carboxylic acids is 1. The number of carbonyl (C=O) groups is 1. The Kier molecular flexibility index (Phi) is 5.79. The minimum absolute atomic E-state index is 0.181. The maximum atomic E-state index is 13.3. The molecule has 2 aromatic carbocycles. The molecule has 0 radical (unpaired) electrons. The second-order valence-corrected chi connectivity index (χ2v) is 10.4. The average molecular weight is 470 g/mol. The van der Waals surface area contributed by atoms with Crippen LogP contribution in [0.5, 0.6) is 0 Å². The Labute approximate surface area is 201 Å². The maximum absolute atomic E-state index is 13.3. The van der Waals surface area contributed by atoms with Gasteiger partial charge in [-0.25, -0.2) is 9.97 Å². The molecule has 0 fully saturated rings. The monoisotopic (exact) mass is 469 g/mol.